The lowest BCUT2D eigenvalue weighted by molar-refractivity contribution is -0.141. The number of aromatic nitrogens is 2. The third-order valence-electron chi connectivity index (χ3n) is 2.23. The smallest absolute Gasteiger partial charge is 0.433 e. The second kappa shape index (κ2) is 5.49. The van der Waals surface area contributed by atoms with E-state index < -0.39 is 17.8 Å². The van der Waals surface area contributed by atoms with Gasteiger partial charge in [0.15, 0.2) is 5.16 Å². The minimum absolute atomic E-state index is 0.0529. The summed E-state index contributed by atoms with van der Waals surface area (Å²) >= 11 is 0.923. The van der Waals surface area contributed by atoms with Crippen molar-refractivity contribution in [2.75, 3.05) is 0 Å². The Morgan fingerprint density at radius 1 is 1.15 bits per heavy atom. The standard InChI is InChI=1S/C12H7F3N2O2S/c13-12(14,15)9-5-6-16-11(17-9)20-8-3-1-7(2-4-8)10(18)19/h1-6H,(H,18,19). The van der Waals surface area contributed by atoms with E-state index in [1.807, 2.05) is 0 Å². The Morgan fingerprint density at radius 2 is 1.80 bits per heavy atom. The highest BCUT2D eigenvalue weighted by atomic mass is 32.2. The molecule has 0 spiro atoms. The molecule has 0 fully saturated rings. The molecule has 0 amide bonds. The van der Waals surface area contributed by atoms with Gasteiger partial charge in [0.1, 0.15) is 5.69 Å². The quantitative estimate of drug-likeness (QED) is 0.881. The fourth-order valence-corrected chi connectivity index (χ4v) is 2.06. The van der Waals surface area contributed by atoms with Gasteiger partial charge in [0.05, 0.1) is 5.56 Å². The SMILES string of the molecule is O=C(O)c1ccc(Sc2nccc(C(F)(F)F)n2)cc1. The summed E-state index contributed by atoms with van der Waals surface area (Å²) in [5, 5.41) is 8.68. The van der Waals surface area contributed by atoms with Crippen molar-refractivity contribution in [1.29, 1.82) is 0 Å². The first kappa shape index (κ1) is 14.3. The van der Waals surface area contributed by atoms with E-state index in [1.165, 1.54) is 24.3 Å². The molecule has 0 aliphatic carbocycles. The van der Waals surface area contributed by atoms with Crippen molar-refractivity contribution in [1.82, 2.24) is 9.97 Å². The number of nitrogens with zero attached hydrogens (tertiary/aromatic N) is 2. The lowest BCUT2D eigenvalue weighted by atomic mass is 10.2. The van der Waals surface area contributed by atoms with Crippen molar-refractivity contribution >= 4 is 17.7 Å². The summed E-state index contributed by atoms with van der Waals surface area (Å²) in [6.07, 6.45) is -3.49. The van der Waals surface area contributed by atoms with Gasteiger partial charge in [-0.2, -0.15) is 13.2 Å². The maximum atomic E-state index is 12.5. The third kappa shape index (κ3) is 3.47. The first-order valence-corrected chi connectivity index (χ1v) is 6.09. The Balaban J connectivity index is 2.20. The summed E-state index contributed by atoms with van der Waals surface area (Å²) < 4.78 is 37.5. The predicted molar refractivity (Wildman–Crippen MR) is 64.6 cm³/mol. The highest BCUT2D eigenvalue weighted by Crippen LogP contribution is 2.30. The number of aromatic carboxylic acids is 1. The summed E-state index contributed by atoms with van der Waals surface area (Å²) in [4.78, 5) is 18.4. The van der Waals surface area contributed by atoms with Crippen molar-refractivity contribution in [2.45, 2.75) is 16.2 Å². The van der Waals surface area contributed by atoms with Crippen LogP contribution in [0.3, 0.4) is 0 Å². The largest absolute Gasteiger partial charge is 0.478 e. The molecular formula is C12H7F3N2O2S. The predicted octanol–water partition coefficient (Wildman–Crippen LogP) is 3.34. The summed E-state index contributed by atoms with van der Waals surface area (Å²) in [6, 6.07) is 6.48. The Kier molecular flexibility index (Phi) is 3.93. The van der Waals surface area contributed by atoms with Crippen LogP contribution in [0.1, 0.15) is 16.1 Å². The van der Waals surface area contributed by atoms with Crippen molar-refractivity contribution in [3.8, 4) is 0 Å². The summed E-state index contributed by atoms with van der Waals surface area (Å²) in [5.74, 6) is -1.07. The van der Waals surface area contributed by atoms with Crippen molar-refractivity contribution < 1.29 is 23.1 Å². The molecule has 20 heavy (non-hydrogen) atoms. The maximum Gasteiger partial charge on any atom is 0.433 e. The van der Waals surface area contributed by atoms with Gasteiger partial charge in [-0.25, -0.2) is 14.8 Å². The van der Waals surface area contributed by atoms with E-state index in [-0.39, 0.29) is 10.7 Å². The number of rotatable bonds is 3. The van der Waals surface area contributed by atoms with Gasteiger partial charge in [0.25, 0.3) is 0 Å². The van der Waals surface area contributed by atoms with Gasteiger partial charge in [-0.1, -0.05) is 0 Å². The molecule has 0 aliphatic rings. The number of carboxylic acid groups (broad SMARTS) is 1. The van der Waals surface area contributed by atoms with Crippen LogP contribution in [0.5, 0.6) is 0 Å². The Labute approximate surface area is 115 Å². The van der Waals surface area contributed by atoms with Crippen molar-refractivity contribution in [3.63, 3.8) is 0 Å². The molecule has 1 heterocycles. The molecular weight excluding hydrogens is 293 g/mol. The summed E-state index contributed by atoms with van der Waals surface area (Å²) in [6.45, 7) is 0. The number of hydrogen-bond acceptors (Lipinski definition) is 4. The maximum absolute atomic E-state index is 12.5. The van der Waals surface area contributed by atoms with Gasteiger partial charge >= 0.3 is 12.1 Å². The van der Waals surface area contributed by atoms with E-state index in [4.69, 9.17) is 5.11 Å². The van der Waals surface area contributed by atoms with E-state index in [0.717, 1.165) is 24.0 Å². The van der Waals surface area contributed by atoms with E-state index in [1.54, 1.807) is 0 Å². The molecule has 2 rings (SSSR count). The second-order valence-electron chi connectivity index (χ2n) is 3.65. The Hall–Kier alpha value is -2.09. The zero-order valence-corrected chi connectivity index (χ0v) is 10.6. The first-order valence-electron chi connectivity index (χ1n) is 5.28. The summed E-state index contributed by atoms with van der Waals surface area (Å²) in [5.41, 5.74) is -0.920. The molecule has 8 heteroatoms. The van der Waals surface area contributed by atoms with Gasteiger partial charge in [-0.15, -0.1) is 0 Å². The normalized spacial score (nSPS) is 11.3. The molecule has 0 bridgehead atoms. The van der Waals surface area contributed by atoms with Crippen LogP contribution in [0.2, 0.25) is 0 Å². The fraction of sp³-hybridized carbons (Fsp3) is 0.0833. The molecule has 1 aromatic carbocycles. The lowest BCUT2D eigenvalue weighted by Gasteiger charge is -2.06. The molecule has 1 aromatic heterocycles. The van der Waals surface area contributed by atoms with Crippen LogP contribution in [0, 0.1) is 0 Å². The minimum atomic E-state index is -4.52. The number of hydrogen-bond donors (Lipinski definition) is 1. The van der Waals surface area contributed by atoms with Crippen LogP contribution in [0.4, 0.5) is 13.2 Å². The highest BCUT2D eigenvalue weighted by molar-refractivity contribution is 7.99. The molecule has 0 aliphatic heterocycles. The number of carboxylic acids is 1. The van der Waals surface area contributed by atoms with Crippen LogP contribution >= 0.6 is 11.8 Å². The zero-order chi connectivity index (χ0) is 14.8. The number of carbonyl (C=O) groups is 1. The molecule has 4 nitrogen and oxygen atoms in total. The van der Waals surface area contributed by atoms with Gasteiger partial charge in [0.2, 0.25) is 0 Å². The van der Waals surface area contributed by atoms with Crippen molar-refractivity contribution in [3.05, 3.63) is 47.8 Å². The van der Waals surface area contributed by atoms with Crippen LogP contribution in [0.15, 0.2) is 46.6 Å². The van der Waals surface area contributed by atoms with Crippen LogP contribution in [-0.4, -0.2) is 21.0 Å². The molecule has 1 N–H and O–H groups in total. The van der Waals surface area contributed by atoms with E-state index >= 15 is 0 Å². The number of benzene rings is 1. The molecule has 0 unspecified atom stereocenters. The topological polar surface area (TPSA) is 63.1 Å². The van der Waals surface area contributed by atoms with Crippen LogP contribution in [0.25, 0.3) is 0 Å². The second-order valence-corrected chi connectivity index (χ2v) is 4.69. The minimum Gasteiger partial charge on any atom is -0.478 e. The molecule has 0 atom stereocenters. The van der Waals surface area contributed by atoms with Gasteiger partial charge in [0, 0.05) is 11.1 Å². The number of alkyl halides is 3. The molecule has 0 radical (unpaired) electrons. The Bertz CT molecular complexity index is 629. The van der Waals surface area contributed by atoms with Gasteiger partial charge < -0.3 is 5.11 Å². The number of halogens is 3. The van der Waals surface area contributed by atoms with Crippen molar-refractivity contribution in [2.24, 2.45) is 0 Å². The summed E-state index contributed by atoms with van der Waals surface area (Å²) in [7, 11) is 0. The highest BCUT2D eigenvalue weighted by Gasteiger charge is 2.32. The zero-order valence-electron chi connectivity index (χ0n) is 9.76. The van der Waals surface area contributed by atoms with Gasteiger partial charge in [-0.05, 0) is 42.1 Å². The van der Waals surface area contributed by atoms with E-state index in [2.05, 4.69) is 9.97 Å². The average Bonchev–Trinajstić information content (AvgIpc) is 2.38. The van der Waals surface area contributed by atoms with Gasteiger partial charge in [-0.3, -0.25) is 0 Å². The average molecular weight is 300 g/mol. The fourth-order valence-electron chi connectivity index (χ4n) is 1.32. The molecule has 2 aromatic rings. The monoisotopic (exact) mass is 300 g/mol. The molecule has 104 valence electrons. The Morgan fingerprint density at radius 3 is 2.35 bits per heavy atom. The van der Waals surface area contributed by atoms with Crippen LogP contribution < -0.4 is 0 Å². The first-order chi connectivity index (χ1) is 9.36. The van der Waals surface area contributed by atoms with Crippen LogP contribution in [-0.2, 0) is 6.18 Å². The van der Waals surface area contributed by atoms with E-state index in [9.17, 15) is 18.0 Å². The molecule has 0 saturated heterocycles. The third-order valence-corrected chi connectivity index (χ3v) is 3.12. The van der Waals surface area contributed by atoms with E-state index in [0.29, 0.717) is 4.90 Å². The lowest BCUT2D eigenvalue weighted by Crippen LogP contribution is -2.08. The molecule has 0 saturated carbocycles.